The van der Waals surface area contributed by atoms with Crippen molar-refractivity contribution in [3.63, 3.8) is 0 Å². The molecule has 7 heteroatoms. The quantitative estimate of drug-likeness (QED) is 0.492. The highest BCUT2D eigenvalue weighted by atomic mass is 79.9. The van der Waals surface area contributed by atoms with Gasteiger partial charge in [-0.15, -0.1) is 0 Å². The molecule has 0 saturated heterocycles. The first-order valence-electron chi connectivity index (χ1n) is 7.05. The van der Waals surface area contributed by atoms with Crippen molar-refractivity contribution < 1.29 is 14.1 Å². The van der Waals surface area contributed by atoms with Crippen LogP contribution < -0.4 is 0 Å². The van der Waals surface area contributed by atoms with Crippen LogP contribution in [-0.4, -0.2) is 21.1 Å². The van der Waals surface area contributed by atoms with Gasteiger partial charge in [-0.3, -0.25) is 4.98 Å². The van der Waals surface area contributed by atoms with Gasteiger partial charge in [-0.25, -0.2) is 4.79 Å². The molecule has 0 bridgehead atoms. The summed E-state index contributed by atoms with van der Waals surface area (Å²) in [6, 6.07) is 12.9. The monoisotopic (exact) mass is 385 g/mol. The number of rotatable bonds is 5. The van der Waals surface area contributed by atoms with Crippen LogP contribution in [0.4, 0.5) is 0 Å². The molecule has 2 heterocycles. The lowest BCUT2D eigenvalue weighted by Crippen LogP contribution is -2.01. The number of nitrogens with zero attached hydrogens (tertiary/aromatic N) is 3. The number of ether oxygens (including phenoxy) is 1. The molecule has 0 amide bonds. The molecular weight excluding hydrogens is 374 g/mol. The van der Waals surface area contributed by atoms with E-state index in [-0.39, 0.29) is 12.5 Å². The van der Waals surface area contributed by atoms with Crippen molar-refractivity contribution in [2.24, 2.45) is 0 Å². The van der Waals surface area contributed by atoms with Crippen molar-refractivity contribution in [3.8, 4) is 11.4 Å². The van der Waals surface area contributed by atoms with Crippen LogP contribution in [0.5, 0.6) is 0 Å². The highest BCUT2D eigenvalue weighted by Gasteiger charge is 2.10. The lowest BCUT2D eigenvalue weighted by atomic mass is 10.2. The van der Waals surface area contributed by atoms with Crippen LogP contribution in [0.15, 0.2) is 63.7 Å². The van der Waals surface area contributed by atoms with Crippen LogP contribution >= 0.6 is 15.9 Å². The fraction of sp³-hybridized carbons (Fsp3) is 0.0588. The molecule has 0 aliphatic rings. The Morgan fingerprint density at radius 3 is 2.96 bits per heavy atom. The van der Waals surface area contributed by atoms with Gasteiger partial charge in [0.1, 0.15) is 0 Å². The first kappa shape index (κ1) is 16.1. The summed E-state index contributed by atoms with van der Waals surface area (Å²) in [5.74, 6) is 0.152. The second-order valence-corrected chi connectivity index (χ2v) is 5.63. The summed E-state index contributed by atoms with van der Waals surface area (Å²) in [5.41, 5.74) is 1.48. The summed E-state index contributed by atoms with van der Waals surface area (Å²) >= 11 is 3.38. The number of carbonyl (C=O) groups excluding carboxylic acids is 1. The standard InChI is InChI=1S/C17H12BrN3O3/c18-13-5-3-4-12(10-13)17-20-15(24-21-17)11-23-16(22)8-7-14-6-1-2-9-19-14/h1-10H,11H2. The number of halogens is 1. The van der Waals surface area contributed by atoms with Crippen LogP contribution in [0.3, 0.4) is 0 Å². The van der Waals surface area contributed by atoms with E-state index in [9.17, 15) is 4.79 Å². The molecule has 120 valence electrons. The van der Waals surface area contributed by atoms with E-state index >= 15 is 0 Å². The van der Waals surface area contributed by atoms with Crippen LogP contribution in [-0.2, 0) is 16.1 Å². The van der Waals surface area contributed by atoms with Gasteiger partial charge in [-0.05, 0) is 30.3 Å². The summed E-state index contributed by atoms with van der Waals surface area (Å²) in [4.78, 5) is 20.0. The van der Waals surface area contributed by atoms with Crippen LogP contribution in [0, 0.1) is 0 Å². The summed E-state index contributed by atoms with van der Waals surface area (Å²) in [6.07, 6.45) is 4.52. The van der Waals surface area contributed by atoms with Crippen molar-refractivity contribution in [1.82, 2.24) is 15.1 Å². The molecule has 3 rings (SSSR count). The molecule has 0 radical (unpaired) electrons. The average Bonchev–Trinajstić information content (AvgIpc) is 3.08. The highest BCUT2D eigenvalue weighted by Crippen LogP contribution is 2.20. The number of pyridine rings is 1. The number of esters is 1. The van der Waals surface area contributed by atoms with E-state index in [2.05, 4.69) is 31.1 Å². The zero-order valence-electron chi connectivity index (χ0n) is 12.4. The van der Waals surface area contributed by atoms with E-state index < -0.39 is 5.97 Å². The number of aromatic nitrogens is 3. The Kier molecular flexibility index (Phi) is 5.12. The summed E-state index contributed by atoms with van der Waals surface area (Å²) < 4.78 is 11.1. The molecule has 0 aliphatic heterocycles. The van der Waals surface area contributed by atoms with Gasteiger partial charge in [0.15, 0.2) is 6.61 Å². The second kappa shape index (κ2) is 7.65. The van der Waals surface area contributed by atoms with Gasteiger partial charge < -0.3 is 9.26 Å². The minimum Gasteiger partial charge on any atom is -0.452 e. The van der Waals surface area contributed by atoms with Crippen molar-refractivity contribution in [3.05, 3.63) is 70.8 Å². The average molecular weight is 386 g/mol. The van der Waals surface area contributed by atoms with Gasteiger partial charge in [0.2, 0.25) is 5.82 Å². The third kappa shape index (κ3) is 4.36. The molecular formula is C17H12BrN3O3. The van der Waals surface area contributed by atoms with Crippen molar-refractivity contribution in [2.45, 2.75) is 6.61 Å². The molecule has 0 atom stereocenters. The molecule has 1 aromatic carbocycles. The molecule has 0 spiro atoms. The third-order valence-electron chi connectivity index (χ3n) is 2.97. The maximum atomic E-state index is 11.7. The van der Waals surface area contributed by atoms with Crippen molar-refractivity contribution >= 4 is 28.0 Å². The Bertz CT molecular complexity index is 862. The number of hydrogen-bond donors (Lipinski definition) is 0. The van der Waals surface area contributed by atoms with Gasteiger partial charge in [-0.1, -0.05) is 39.3 Å². The zero-order valence-corrected chi connectivity index (χ0v) is 14.0. The fourth-order valence-electron chi connectivity index (χ4n) is 1.87. The van der Waals surface area contributed by atoms with E-state index in [1.165, 1.54) is 6.08 Å². The van der Waals surface area contributed by atoms with Gasteiger partial charge in [0.25, 0.3) is 5.89 Å². The number of benzene rings is 1. The van der Waals surface area contributed by atoms with Gasteiger partial charge in [-0.2, -0.15) is 4.98 Å². The molecule has 2 aromatic heterocycles. The Balaban J connectivity index is 1.57. The fourth-order valence-corrected chi connectivity index (χ4v) is 2.27. The van der Waals surface area contributed by atoms with Gasteiger partial charge in [0.05, 0.1) is 5.69 Å². The first-order chi connectivity index (χ1) is 11.7. The van der Waals surface area contributed by atoms with Crippen LogP contribution in [0.25, 0.3) is 17.5 Å². The molecule has 0 saturated carbocycles. The van der Waals surface area contributed by atoms with Crippen LogP contribution in [0.1, 0.15) is 11.6 Å². The van der Waals surface area contributed by atoms with Crippen LogP contribution in [0.2, 0.25) is 0 Å². The van der Waals surface area contributed by atoms with E-state index in [4.69, 9.17) is 9.26 Å². The third-order valence-corrected chi connectivity index (χ3v) is 3.46. The first-order valence-corrected chi connectivity index (χ1v) is 7.84. The molecule has 6 nitrogen and oxygen atoms in total. The molecule has 0 fully saturated rings. The summed E-state index contributed by atoms with van der Waals surface area (Å²) in [5, 5.41) is 3.87. The maximum absolute atomic E-state index is 11.7. The topological polar surface area (TPSA) is 78.1 Å². The lowest BCUT2D eigenvalue weighted by molar-refractivity contribution is -0.139. The Labute approximate surface area is 146 Å². The molecule has 0 N–H and O–H groups in total. The minimum absolute atomic E-state index is 0.0909. The smallest absolute Gasteiger partial charge is 0.331 e. The molecule has 0 unspecified atom stereocenters. The predicted octanol–water partition coefficient (Wildman–Crippen LogP) is 3.65. The van der Waals surface area contributed by atoms with E-state index in [1.54, 1.807) is 24.4 Å². The molecule has 3 aromatic rings. The maximum Gasteiger partial charge on any atom is 0.331 e. The Morgan fingerprint density at radius 1 is 1.25 bits per heavy atom. The van der Waals surface area contributed by atoms with Gasteiger partial charge >= 0.3 is 5.97 Å². The highest BCUT2D eigenvalue weighted by molar-refractivity contribution is 9.10. The largest absolute Gasteiger partial charge is 0.452 e. The van der Waals surface area contributed by atoms with E-state index in [0.29, 0.717) is 11.5 Å². The second-order valence-electron chi connectivity index (χ2n) is 4.72. The number of hydrogen-bond acceptors (Lipinski definition) is 6. The Hall–Kier alpha value is -2.80. The molecule has 24 heavy (non-hydrogen) atoms. The van der Waals surface area contributed by atoms with Gasteiger partial charge in [0, 0.05) is 22.3 Å². The zero-order chi connectivity index (χ0) is 16.8. The summed E-state index contributed by atoms with van der Waals surface area (Å²) in [7, 11) is 0. The van der Waals surface area contributed by atoms with Crippen molar-refractivity contribution in [1.29, 1.82) is 0 Å². The SMILES string of the molecule is O=C(C=Cc1ccccn1)OCc1nc(-c2cccc(Br)c2)no1. The van der Waals surface area contributed by atoms with Crippen molar-refractivity contribution in [2.75, 3.05) is 0 Å². The minimum atomic E-state index is -0.511. The van der Waals surface area contributed by atoms with E-state index in [1.807, 2.05) is 30.3 Å². The Morgan fingerprint density at radius 2 is 2.17 bits per heavy atom. The summed E-state index contributed by atoms with van der Waals surface area (Å²) in [6.45, 7) is -0.0909. The lowest BCUT2D eigenvalue weighted by Gasteiger charge is -1.96. The molecule has 0 aliphatic carbocycles. The number of carbonyl (C=O) groups is 1. The van der Waals surface area contributed by atoms with E-state index in [0.717, 1.165) is 10.0 Å². The normalized spacial score (nSPS) is 10.9. The predicted molar refractivity (Wildman–Crippen MR) is 90.5 cm³/mol.